The second kappa shape index (κ2) is 4.39. The van der Waals surface area contributed by atoms with Crippen molar-refractivity contribution in [3.8, 4) is 0 Å². The van der Waals surface area contributed by atoms with Crippen molar-refractivity contribution in [3.05, 3.63) is 34.6 Å². The minimum absolute atomic E-state index is 0.0848. The van der Waals surface area contributed by atoms with E-state index in [9.17, 15) is 9.18 Å². The van der Waals surface area contributed by atoms with E-state index < -0.39 is 17.8 Å². The fourth-order valence-electron chi connectivity index (χ4n) is 1.13. The quantitative estimate of drug-likeness (QED) is 0.801. The number of carbonyl (C=O) groups is 1. The van der Waals surface area contributed by atoms with E-state index in [4.69, 9.17) is 23.1 Å². The maximum Gasteiger partial charge on any atom is 0.219 e. The van der Waals surface area contributed by atoms with E-state index in [1.54, 1.807) is 0 Å². The van der Waals surface area contributed by atoms with Crippen molar-refractivity contribution in [2.45, 2.75) is 12.5 Å². The summed E-state index contributed by atoms with van der Waals surface area (Å²) >= 11 is 5.55. The Morgan fingerprint density at radius 2 is 2.21 bits per heavy atom. The molecule has 14 heavy (non-hydrogen) atoms. The van der Waals surface area contributed by atoms with Gasteiger partial charge in [-0.1, -0.05) is 17.7 Å². The van der Waals surface area contributed by atoms with Gasteiger partial charge in [-0.2, -0.15) is 0 Å². The predicted octanol–water partition coefficient (Wildman–Crippen LogP) is 1.35. The molecule has 0 aliphatic heterocycles. The Kier molecular flexibility index (Phi) is 3.43. The van der Waals surface area contributed by atoms with Crippen LogP contribution in [0.25, 0.3) is 0 Å². The number of nitrogens with two attached hydrogens (primary N) is 2. The molecule has 1 unspecified atom stereocenters. The maximum absolute atomic E-state index is 13.2. The third-order valence-electron chi connectivity index (χ3n) is 1.78. The first-order valence-electron chi connectivity index (χ1n) is 3.99. The van der Waals surface area contributed by atoms with E-state index in [1.807, 2.05) is 0 Å². The molecule has 0 bridgehead atoms. The molecule has 5 heteroatoms. The van der Waals surface area contributed by atoms with Crippen LogP contribution in [0.1, 0.15) is 18.0 Å². The van der Waals surface area contributed by atoms with E-state index in [2.05, 4.69) is 0 Å². The number of hydrogen-bond acceptors (Lipinski definition) is 2. The summed E-state index contributed by atoms with van der Waals surface area (Å²) in [6, 6.07) is 3.40. The van der Waals surface area contributed by atoms with Crippen molar-refractivity contribution < 1.29 is 9.18 Å². The Balaban J connectivity index is 2.90. The van der Waals surface area contributed by atoms with Gasteiger partial charge in [-0.25, -0.2) is 4.39 Å². The van der Waals surface area contributed by atoms with Crippen LogP contribution >= 0.6 is 11.6 Å². The molecule has 1 atom stereocenters. The Morgan fingerprint density at radius 1 is 1.57 bits per heavy atom. The van der Waals surface area contributed by atoms with Crippen LogP contribution in [0.15, 0.2) is 18.2 Å². The zero-order chi connectivity index (χ0) is 10.7. The molecule has 4 N–H and O–H groups in total. The predicted molar refractivity (Wildman–Crippen MR) is 52.1 cm³/mol. The summed E-state index contributed by atoms with van der Waals surface area (Å²) in [6.07, 6.45) is -0.0848. The summed E-state index contributed by atoms with van der Waals surface area (Å²) in [7, 11) is 0. The second-order valence-electron chi connectivity index (χ2n) is 2.94. The van der Waals surface area contributed by atoms with Gasteiger partial charge in [0.15, 0.2) is 0 Å². The van der Waals surface area contributed by atoms with Crippen molar-refractivity contribution in [1.82, 2.24) is 0 Å². The van der Waals surface area contributed by atoms with Crippen LogP contribution < -0.4 is 11.5 Å². The van der Waals surface area contributed by atoms with Crippen molar-refractivity contribution in [2.24, 2.45) is 11.5 Å². The fraction of sp³-hybridized carbons (Fsp3) is 0.222. The standard InChI is InChI=1S/C9H10ClFN2O/c10-5-1-2-6(7(11)3-5)8(12)4-9(13)14/h1-3,8H,4,12H2,(H2,13,14). The molecule has 1 aromatic carbocycles. The zero-order valence-electron chi connectivity index (χ0n) is 7.34. The Hall–Kier alpha value is -1.13. The van der Waals surface area contributed by atoms with Gasteiger partial charge in [-0.05, 0) is 12.1 Å². The van der Waals surface area contributed by atoms with Gasteiger partial charge in [0.05, 0.1) is 0 Å². The number of primary amides is 1. The van der Waals surface area contributed by atoms with Crippen LogP contribution in [0, 0.1) is 5.82 Å². The normalized spacial score (nSPS) is 12.5. The topological polar surface area (TPSA) is 69.1 Å². The number of hydrogen-bond donors (Lipinski definition) is 2. The first-order chi connectivity index (χ1) is 6.50. The van der Waals surface area contributed by atoms with Crippen molar-refractivity contribution in [1.29, 1.82) is 0 Å². The van der Waals surface area contributed by atoms with E-state index in [-0.39, 0.29) is 17.0 Å². The molecule has 0 heterocycles. The SMILES string of the molecule is NC(=O)CC(N)c1ccc(Cl)cc1F. The third-order valence-corrected chi connectivity index (χ3v) is 2.02. The molecular formula is C9H10ClFN2O. The van der Waals surface area contributed by atoms with Gasteiger partial charge in [0.2, 0.25) is 5.91 Å². The second-order valence-corrected chi connectivity index (χ2v) is 3.38. The summed E-state index contributed by atoms with van der Waals surface area (Å²) in [5.74, 6) is -1.09. The Labute approximate surface area is 85.8 Å². The molecule has 1 amide bonds. The fourth-order valence-corrected chi connectivity index (χ4v) is 1.29. The van der Waals surface area contributed by atoms with Crippen LogP contribution in [-0.2, 0) is 4.79 Å². The lowest BCUT2D eigenvalue weighted by Crippen LogP contribution is -2.21. The van der Waals surface area contributed by atoms with Gasteiger partial charge >= 0.3 is 0 Å². The Morgan fingerprint density at radius 3 is 2.71 bits per heavy atom. The van der Waals surface area contributed by atoms with Crippen LogP contribution in [0.4, 0.5) is 4.39 Å². The molecular weight excluding hydrogens is 207 g/mol. The number of halogens is 2. The zero-order valence-corrected chi connectivity index (χ0v) is 8.09. The lowest BCUT2D eigenvalue weighted by Gasteiger charge is -2.10. The molecule has 1 aromatic rings. The van der Waals surface area contributed by atoms with Gasteiger partial charge in [-0.15, -0.1) is 0 Å². The summed E-state index contributed by atoms with van der Waals surface area (Å²) < 4.78 is 13.2. The molecule has 76 valence electrons. The van der Waals surface area contributed by atoms with Gasteiger partial charge in [0.1, 0.15) is 5.82 Å². The molecule has 1 rings (SSSR count). The minimum Gasteiger partial charge on any atom is -0.370 e. The van der Waals surface area contributed by atoms with E-state index in [0.717, 1.165) is 6.07 Å². The maximum atomic E-state index is 13.2. The lowest BCUT2D eigenvalue weighted by molar-refractivity contribution is -0.118. The highest BCUT2D eigenvalue weighted by atomic mass is 35.5. The molecule has 0 fully saturated rings. The van der Waals surface area contributed by atoms with Gasteiger partial charge < -0.3 is 11.5 Å². The Bertz CT molecular complexity index is 357. The van der Waals surface area contributed by atoms with Gasteiger partial charge in [0, 0.05) is 23.0 Å². The van der Waals surface area contributed by atoms with Gasteiger partial charge in [0.25, 0.3) is 0 Å². The minimum atomic E-state index is -0.718. The summed E-state index contributed by atoms with van der Waals surface area (Å²) in [5.41, 5.74) is 10.7. The van der Waals surface area contributed by atoms with E-state index in [0.29, 0.717) is 0 Å². The molecule has 0 aliphatic rings. The number of benzene rings is 1. The smallest absolute Gasteiger partial charge is 0.219 e. The molecule has 0 spiro atoms. The first-order valence-corrected chi connectivity index (χ1v) is 4.37. The van der Waals surface area contributed by atoms with E-state index >= 15 is 0 Å². The summed E-state index contributed by atoms with van der Waals surface area (Å²) in [6.45, 7) is 0. The molecule has 0 aromatic heterocycles. The summed E-state index contributed by atoms with van der Waals surface area (Å²) in [4.78, 5) is 10.6. The van der Waals surface area contributed by atoms with Crippen molar-refractivity contribution >= 4 is 17.5 Å². The van der Waals surface area contributed by atoms with Crippen LogP contribution in [0.2, 0.25) is 5.02 Å². The largest absolute Gasteiger partial charge is 0.370 e. The molecule has 3 nitrogen and oxygen atoms in total. The lowest BCUT2D eigenvalue weighted by atomic mass is 10.0. The highest BCUT2D eigenvalue weighted by Gasteiger charge is 2.13. The third kappa shape index (κ3) is 2.68. The number of carbonyl (C=O) groups excluding carboxylic acids is 1. The summed E-state index contributed by atoms with van der Waals surface area (Å²) in [5, 5.41) is 0.289. The highest BCUT2D eigenvalue weighted by molar-refractivity contribution is 6.30. The average Bonchev–Trinajstić information content (AvgIpc) is 2.01. The van der Waals surface area contributed by atoms with Crippen molar-refractivity contribution in [3.63, 3.8) is 0 Å². The molecule has 0 radical (unpaired) electrons. The van der Waals surface area contributed by atoms with Crippen LogP contribution in [0.3, 0.4) is 0 Å². The molecule has 0 saturated carbocycles. The molecule has 0 aliphatic carbocycles. The van der Waals surface area contributed by atoms with Crippen LogP contribution in [0.5, 0.6) is 0 Å². The first kappa shape index (κ1) is 10.9. The highest BCUT2D eigenvalue weighted by Crippen LogP contribution is 2.20. The number of rotatable bonds is 3. The van der Waals surface area contributed by atoms with Crippen molar-refractivity contribution in [2.75, 3.05) is 0 Å². The molecule has 0 saturated heterocycles. The average molecular weight is 217 g/mol. The van der Waals surface area contributed by atoms with Crippen LogP contribution in [-0.4, -0.2) is 5.91 Å². The van der Waals surface area contributed by atoms with Gasteiger partial charge in [-0.3, -0.25) is 4.79 Å². The number of amides is 1. The monoisotopic (exact) mass is 216 g/mol. The van der Waals surface area contributed by atoms with E-state index in [1.165, 1.54) is 12.1 Å².